The monoisotopic (exact) mass is 210 g/mol. The normalized spacial score (nSPS) is 21.5. The minimum atomic E-state index is -0.140. The van der Waals surface area contributed by atoms with E-state index in [2.05, 4.69) is 16.0 Å². The standard InChI is InChI=1S/C10H18N4O/c1-4-11-8-12-10(15)9-6-5-7-14(9)13(2)3/h9H,4-7H2,1-3H3/t9-/m0/s1. The number of hydrogen-bond donors (Lipinski definition) is 0. The number of hydrazine groups is 1. The first kappa shape index (κ1) is 12.0. The van der Waals surface area contributed by atoms with Crippen molar-refractivity contribution in [1.29, 1.82) is 0 Å². The largest absolute Gasteiger partial charge is 0.273 e. The van der Waals surface area contributed by atoms with Gasteiger partial charge in [0.25, 0.3) is 5.91 Å². The van der Waals surface area contributed by atoms with Crippen molar-refractivity contribution >= 4 is 11.9 Å². The minimum absolute atomic E-state index is 0.125. The van der Waals surface area contributed by atoms with Crippen LogP contribution in [-0.2, 0) is 4.79 Å². The van der Waals surface area contributed by atoms with Crippen LogP contribution in [-0.4, -0.2) is 55.2 Å². The van der Waals surface area contributed by atoms with Gasteiger partial charge in [0, 0.05) is 27.2 Å². The Balaban J connectivity index is 2.62. The lowest BCUT2D eigenvalue weighted by atomic mass is 10.2. The van der Waals surface area contributed by atoms with Gasteiger partial charge in [0.15, 0.2) is 0 Å². The number of carbonyl (C=O) groups excluding carboxylic acids is 1. The molecule has 1 fully saturated rings. The molecule has 0 aromatic rings. The fourth-order valence-electron chi connectivity index (χ4n) is 1.71. The number of amides is 1. The number of nitrogens with zero attached hydrogens (tertiary/aromatic N) is 4. The maximum absolute atomic E-state index is 11.7. The van der Waals surface area contributed by atoms with Crippen LogP contribution in [0.5, 0.6) is 0 Å². The second kappa shape index (κ2) is 5.75. The average molecular weight is 210 g/mol. The molecule has 1 atom stereocenters. The molecule has 5 nitrogen and oxygen atoms in total. The van der Waals surface area contributed by atoms with E-state index in [1.54, 1.807) is 0 Å². The molecule has 1 rings (SSSR count). The summed E-state index contributed by atoms with van der Waals surface area (Å²) in [5, 5.41) is 3.97. The Morgan fingerprint density at radius 2 is 2.33 bits per heavy atom. The van der Waals surface area contributed by atoms with Gasteiger partial charge in [-0.3, -0.25) is 4.79 Å². The van der Waals surface area contributed by atoms with Crippen LogP contribution in [0.1, 0.15) is 19.8 Å². The summed E-state index contributed by atoms with van der Waals surface area (Å²) in [7, 11) is 3.88. The van der Waals surface area contributed by atoms with Gasteiger partial charge in [-0.2, -0.15) is 0 Å². The lowest BCUT2D eigenvalue weighted by molar-refractivity contribution is -0.127. The Morgan fingerprint density at radius 1 is 1.60 bits per heavy atom. The Kier molecular flexibility index (Phi) is 4.62. The molecule has 0 aromatic heterocycles. The highest BCUT2D eigenvalue weighted by Crippen LogP contribution is 2.18. The SMILES string of the molecule is CCN=C=NC(=O)[C@@H]1CCCN1N(C)C. The zero-order valence-electron chi connectivity index (χ0n) is 9.60. The summed E-state index contributed by atoms with van der Waals surface area (Å²) in [6.07, 6.45) is 1.91. The van der Waals surface area contributed by atoms with E-state index in [1.807, 2.05) is 31.0 Å². The van der Waals surface area contributed by atoms with Crippen molar-refractivity contribution in [2.45, 2.75) is 25.8 Å². The topological polar surface area (TPSA) is 48.3 Å². The van der Waals surface area contributed by atoms with Gasteiger partial charge in [0.2, 0.25) is 0 Å². The number of hydrogen-bond acceptors (Lipinski definition) is 4. The maximum Gasteiger partial charge on any atom is 0.273 e. The van der Waals surface area contributed by atoms with Crippen LogP contribution in [0.3, 0.4) is 0 Å². The van der Waals surface area contributed by atoms with Crippen LogP contribution in [0.4, 0.5) is 0 Å². The second-order valence-corrected chi connectivity index (χ2v) is 3.69. The van der Waals surface area contributed by atoms with E-state index in [0.717, 1.165) is 19.4 Å². The summed E-state index contributed by atoms with van der Waals surface area (Å²) in [6, 6.07) is 2.30. The zero-order chi connectivity index (χ0) is 11.3. The van der Waals surface area contributed by atoms with Crippen LogP contribution < -0.4 is 0 Å². The summed E-state index contributed by atoms with van der Waals surface area (Å²) in [4.78, 5) is 19.2. The minimum Gasteiger partial charge on any atom is -0.270 e. The lowest BCUT2D eigenvalue weighted by Crippen LogP contribution is -2.44. The third-order valence-electron chi connectivity index (χ3n) is 2.41. The van der Waals surface area contributed by atoms with Crippen molar-refractivity contribution in [3.05, 3.63) is 0 Å². The first-order valence-electron chi connectivity index (χ1n) is 5.26. The molecule has 0 aliphatic carbocycles. The van der Waals surface area contributed by atoms with Crippen LogP contribution >= 0.6 is 0 Å². The van der Waals surface area contributed by atoms with Gasteiger partial charge in [-0.15, -0.1) is 4.99 Å². The van der Waals surface area contributed by atoms with Crippen molar-refractivity contribution in [2.75, 3.05) is 27.2 Å². The van der Waals surface area contributed by atoms with Crippen molar-refractivity contribution in [1.82, 2.24) is 10.0 Å². The maximum atomic E-state index is 11.7. The van der Waals surface area contributed by atoms with Gasteiger partial charge < -0.3 is 0 Å². The van der Waals surface area contributed by atoms with E-state index in [1.165, 1.54) is 0 Å². The summed E-state index contributed by atoms with van der Waals surface area (Å²) in [6.45, 7) is 3.41. The summed E-state index contributed by atoms with van der Waals surface area (Å²) in [5.74, 6) is -0.140. The van der Waals surface area contributed by atoms with E-state index < -0.39 is 0 Å². The van der Waals surface area contributed by atoms with Gasteiger partial charge in [0.1, 0.15) is 6.04 Å². The lowest BCUT2D eigenvalue weighted by Gasteiger charge is -2.27. The van der Waals surface area contributed by atoms with Crippen LogP contribution in [0.2, 0.25) is 0 Å². The highest BCUT2D eigenvalue weighted by molar-refractivity contribution is 5.87. The molecule has 1 aliphatic heterocycles. The van der Waals surface area contributed by atoms with Gasteiger partial charge >= 0.3 is 0 Å². The molecule has 0 unspecified atom stereocenters. The van der Waals surface area contributed by atoms with E-state index >= 15 is 0 Å². The van der Waals surface area contributed by atoms with E-state index in [4.69, 9.17) is 0 Å². The fourth-order valence-corrected chi connectivity index (χ4v) is 1.71. The summed E-state index contributed by atoms with van der Waals surface area (Å²) >= 11 is 0. The Morgan fingerprint density at radius 3 is 2.93 bits per heavy atom. The Hall–Kier alpha value is -1.03. The van der Waals surface area contributed by atoms with Crippen molar-refractivity contribution in [2.24, 2.45) is 9.98 Å². The molecule has 1 heterocycles. The van der Waals surface area contributed by atoms with Crippen molar-refractivity contribution in [3.63, 3.8) is 0 Å². The second-order valence-electron chi connectivity index (χ2n) is 3.69. The molecule has 0 N–H and O–H groups in total. The average Bonchev–Trinajstić information content (AvgIpc) is 2.66. The fraction of sp³-hybridized carbons (Fsp3) is 0.800. The molecule has 0 bridgehead atoms. The number of aliphatic imine (C=N–C) groups is 2. The van der Waals surface area contributed by atoms with Gasteiger partial charge in [-0.05, 0) is 19.8 Å². The molecule has 15 heavy (non-hydrogen) atoms. The summed E-state index contributed by atoms with van der Waals surface area (Å²) in [5.41, 5.74) is 0. The molecule has 0 spiro atoms. The highest BCUT2D eigenvalue weighted by atomic mass is 16.2. The number of carbonyl (C=O) groups is 1. The third kappa shape index (κ3) is 3.23. The van der Waals surface area contributed by atoms with Gasteiger partial charge in [0.05, 0.1) is 6.01 Å². The predicted octanol–water partition coefficient (Wildman–Crippen LogP) is 0.648. The smallest absolute Gasteiger partial charge is 0.270 e. The molecule has 0 radical (unpaired) electrons. The summed E-state index contributed by atoms with van der Waals surface area (Å²) < 4.78 is 0. The molecule has 1 amide bonds. The van der Waals surface area contributed by atoms with E-state index in [0.29, 0.717) is 6.54 Å². The van der Waals surface area contributed by atoms with E-state index in [-0.39, 0.29) is 11.9 Å². The molecule has 1 aliphatic rings. The first-order chi connectivity index (χ1) is 7.16. The zero-order valence-corrected chi connectivity index (χ0v) is 9.60. The van der Waals surface area contributed by atoms with Crippen LogP contribution in [0.15, 0.2) is 9.98 Å². The Labute approximate surface area is 90.5 Å². The third-order valence-corrected chi connectivity index (χ3v) is 2.41. The molecular formula is C10H18N4O. The van der Waals surface area contributed by atoms with Crippen LogP contribution in [0, 0.1) is 0 Å². The van der Waals surface area contributed by atoms with Crippen LogP contribution in [0.25, 0.3) is 0 Å². The molecular weight excluding hydrogens is 192 g/mol. The molecule has 1 saturated heterocycles. The highest BCUT2D eigenvalue weighted by Gasteiger charge is 2.31. The van der Waals surface area contributed by atoms with Gasteiger partial charge in [-0.25, -0.2) is 15.0 Å². The van der Waals surface area contributed by atoms with Crippen molar-refractivity contribution in [3.8, 4) is 0 Å². The van der Waals surface area contributed by atoms with E-state index in [9.17, 15) is 4.79 Å². The predicted molar refractivity (Wildman–Crippen MR) is 58.8 cm³/mol. The molecule has 0 saturated carbocycles. The number of rotatable bonds is 3. The molecule has 5 heteroatoms. The quantitative estimate of drug-likeness (QED) is 0.642. The molecule has 84 valence electrons. The first-order valence-corrected chi connectivity index (χ1v) is 5.26. The van der Waals surface area contributed by atoms with Crippen molar-refractivity contribution < 1.29 is 4.79 Å². The molecule has 0 aromatic carbocycles. The van der Waals surface area contributed by atoms with Gasteiger partial charge in [-0.1, -0.05) is 0 Å². The Bertz CT molecular complexity index is 281.